The Kier molecular flexibility index (Phi) is 2.19. The number of allylic oxidation sites excluding steroid dienone is 3. The van der Waals surface area contributed by atoms with E-state index in [0.717, 1.165) is 0 Å². The fourth-order valence-corrected chi connectivity index (χ4v) is 2.14. The van der Waals surface area contributed by atoms with Crippen LogP contribution >= 0.6 is 32.3 Å². The first-order valence-corrected chi connectivity index (χ1v) is 4.54. The molecule has 0 nitrogen and oxygen atoms in total. The van der Waals surface area contributed by atoms with E-state index < -0.39 is 20.7 Å². The van der Waals surface area contributed by atoms with Crippen LogP contribution in [-0.4, -0.2) is 2.97 Å². The summed E-state index contributed by atoms with van der Waals surface area (Å²) in [5.41, 5.74) is 0. The predicted octanol–water partition coefficient (Wildman–Crippen LogP) is 2.71. The first kappa shape index (κ1) is 6.42. The van der Waals surface area contributed by atoms with Gasteiger partial charge in [-0.05, 0) is 32.9 Å². The molecule has 0 spiro atoms. The Morgan fingerprint density at radius 3 is 2.75 bits per heavy atom. The lowest BCUT2D eigenvalue weighted by Crippen LogP contribution is -1.75. The maximum atomic E-state index is 12.2. The summed E-state index contributed by atoms with van der Waals surface area (Å²) in [6.07, 6.45) is 4.82. The molecule has 0 fully saturated rings. The molecule has 0 unspecified atom stereocenters. The van der Waals surface area contributed by atoms with Crippen molar-refractivity contribution in [2.75, 3.05) is 0 Å². The van der Waals surface area contributed by atoms with Gasteiger partial charge in [-0.15, -0.1) is 0 Å². The van der Waals surface area contributed by atoms with Crippen LogP contribution in [0.1, 0.15) is 0 Å². The Labute approximate surface area is 61.8 Å². The molecule has 1 rings (SSSR count). The van der Waals surface area contributed by atoms with Gasteiger partial charge in [-0.25, -0.2) is 4.39 Å². The molecular weight excluding hydrogens is 241 g/mol. The molecule has 0 saturated carbocycles. The maximum absolute atomic E-state index is 12.2. The fraction of sp³-hybridized carbons (Fsp3) is 0. The van der Waals surface area contributed by atoms with Crippen molar-refractivity contribution in [3.63, 3.8) is 0 Å². The third-order valence-corrected chi connectivity index (χ3v) is 2.98. The van der Waals surface area contributed by atoms with Gasteiger partial charge in [0.05, 0.1) is 2.97 Å². The Bertz CT molecular complexity index is 178. The maximum Gasteiger partial charge on any atom is 0.156 e. The first-order valence-electron chi connectivity index (χ1n) is 2.00. The molecule has 0 saturated heterocycles. The van der Waals surface area contributed by atoms with Gasteiger partial charge in [0.15, 0.2) is 3.83 Å². The molecule has 1 aliphatic heterocycles. The van der Waals surface area contributed by atoms with Crippen molar-refractivity contribution in [3.05, 3.63) is 22.1 Å². The molecule has 0 atom stereocenters. The van der Waals surface area contributed by atoms with E-state index in [9.17, 15) is 4.39 Å². The first-order chi connectivity index (χ1) is 3.79. The van der Waals surface area contributed by atoms with E-state index in [-0.39, 0.29) is 3.83 Å². The summed E-state index contributed by atoms with van der Waals surface area (Å²) in [5, 5.41) is 0. The van der Waals surface area contributed by atoms with Gasteiger partial charge in [0.1, 0.15) is 0 Å². The largest absolute Gasteiger partial charge is 0.200 e. The zero-order valence-electron chi connectivity index (χ0n) is 3.87. The Hall–Kier alpha value is 0.300. The second-order valence-corrected chi connectivity index (χ2v) is 4.98. The van der Waals surface area contributed by atoms with Crippen LogP contribution in [0, 0.1) is 0 Å². The lowest BCUT2D eigenvalue weighted by Gasteiger charge is -1.90. The van der Waals surface area contributed by atoms with E-state index >= 15 is 0 Å². The van der Waals surface area contributed by atoms with Crippen molar-refractivity contribution in [1.29, 1.82) is 0 Å². The standard InChI is InChI=1S/C5H3ClFI/c6-4-2-1-3-5(7)8-4/h1-3H. The van der Waals surface area contributed by atoms with Gasteiger partial charge < -0.3 is 0 Å². The van der Waals surface area contributed by atoms with E-state index in [1.54, 1.807) is 12.2 Å². The molecular formula is C5H3ClFI. The second kappa shape index (κ2) is 2.73. The summed E-state index contributed by atoms with van der Waals surface area (Å²) in [6, 6.07) is 0. The van der Waals surface area contributed by atoms with Crippen molar-refractivity contribution >= 4 is 35.3 Å². The molecule has 44 valence electrons. The quantitative estimate of drug-likeness (QED) is 0.575. The van der Waals surface area contributed by atoms with Crippen LogP contribution in [0.4, 0.5) is 4.39 Å². The van der Waals surface area contributed by atoms with Crippen LogP contribution in [0.5, 0.6) is 0 Å². The summed E-state index contributed by atoms with van der Waals surface area (Å²) >= 11 is 4.89. The Morgan fingerprint density at radius 2 is 2.38 bits per heavy atom. The van der Waals surface area contributed by atoms with Gasteiger partial charge in [-0.3, -0.25) is 0 Å². The van der Waals surface area contributed by atoms with E-state index in [1.807, 2.05) is 0 Å². The van der Waals surface area contributed by atoms with Crippen LogP contribution in [0.25, 0.3) is 0 Å². The third-order valence-electron chi connectivity index (χ3n) is 0.625. The molecule has 0 radical (unpaired) electrons. The fourth-order valence-electron chi connectivity index (χ4n) is 0.343. The summed E-state index contributed by atoms with van der Waals surface area (Å²) < 4.78 is 12.8. The summed E-state index contributed by atoms with van der Waals surface area (Å²) in [7, 11) is 0. The smallest absolute Gasteiger partial charge is 0.156 e. The van der Waals surface area contributed by atoms with Crippen molar-refractivity contribution in [2.45, 2.75) is 0 Å². The molecule has 1 heterocycles. The molecule has 0 aliphatic carbocycles. The number of halogens is 3. The van der Waals surface area contributed by atoms with Gasteiger partial charge in [0, 0.05) is 0 Å². The van der Waals surface area contributed by atoms with Crippen LogP contribution in [0.2, 0.25) is 0 Å². The highest BCUT2D eigenvalue weighted by Crippen LogP contribution is 2.22. The molecule has 0 aromatic rings. The summed E-state index contributed by atoms with van der Waals surface area (Å²) in [5.74, 6) is 0. The lowest BCUT2D eigenvalue weighted by atomic mass is 10.5. The minimum Gasteiger partial charge on any atom is -0.200 e. The van der Waals surface area contributed by atoms with Gasteiger partial charge in [0.2, 0.25) is 0 Å². The van der Waals surface area contributed by atoms with E-state index in [1.165, 1.54) is 6.08 Å². The Morgan fingerprint density at radius 1 is 1.62 bits per heavy atom. The van der Waals surface area contributed by atoms with Gasteiger partial charge >= 0.3 is 0 Å². The van der Waals surface area contributed by atoms with E-state index in [2.05, 4.69) is 0 Å². The van der Waals surface area contributed by atoms with Gasteiger partial charge in [0.25, 0.3) is 0 Å². The minimum atomic E-state index is -0.621. The molecule has 0 aromatic carbocycles. The zero-order valence-corrected chi connectivity index (χ0v) is 6.78. The van der Waals surface area contributed by atoms with Gasteiger partial charge in [-0.1, -0.05) is 17.7 Å². The monoisotopic (exact) mass is 244 g/mol. The molecule has 8 heavy (non-hydrogen) atoms. The topological polar surface area (TPSA) is 0 Å². The van der Waals surface area contributed by atoms with E-state index in [0.29, 0.717) is 2.97 Å². The highest BCUT2D eigenvalue weighted by molar-refractivity contribution is 14.2. The number of hydrogen-bond donors (Lipinski definition) is 0. The summed E-state index contributed by atoms with van der Waals surface area (Å²) in [4.78, 5) is 0. The molecule has 1 aliphatic rings. The average Bonchev–Trinajstić information content (AvgIpc) is 1.64. The van der Waals surface area contributed by atoms with Crippen LogP contribution in [0.15, 0.2) is 22.1 Å². The zero-order chi connectivity index (χ0) is 5.98. The van der Waals surface area contributed by atoms with Crippen LogP contribution in [0.3, 0.4) is 0 Å². The lowest BCUT2D eigenvalue weighted by molar-refractivity contribution is 0.711. The molecule has 0 amide bonds. The molecule has 0 aromatic heterocycles. The average molecular weight is 244 g/mol. The third kappa shape index (κ3) is 1.67. The molecule has 3 heteroatoms. The molecule has 0 N–H and O–H groups in total. The van der Waals surface area contributed by atoms with Crippen molar-refractivity contribution < 1.29 is 4.39 Å². The number of hydrogen-bond acceptors (Lipinski definition) is 0. The van der Waals surface area contributed by atoms with Crippen molar-refractivity contribution in [3.8, 4) is 0 Å². The minimum absolute atomic E-state index is 0.0590. The normalized spacial score (nSPS) is 18.8. The van der Waals surface area contributed by atoms with E-state index in [4.69, 9.17) is 11.6 Å². The van der Waals surface area contributed by atoms with Crippen LogP contribution < -0.4 is 0 Å². The van der Waals surface area contributed by atoms with Crippen molar-refractivity contribution in [2.24, 2.45) is 0 Å². The predicted molar refractivity (Wildman–Crippen MR) is 43.2 cm³/mol. The highest BCUT2D eigenvalue weighted by atomic mass is 127. The Balaban J connectivity index is 2.89. The number of rotatable bonds is 0. The van der Waals surface area contributed by atoms with Gasteiger partial charge in [-0.2, -0.15) is 0 Å². The second-order valence-electron chi connectivity index (χ2n) is 1.20. The summed E-state index contributed by atoms with van der Waals surface area (Å²) in [6.45, 7) is 0. The van der Waals surface area contributed by atoms with Crippen molar-refractivity contribution in [1.82, 2.24) is 0 Å². The molecule has 0 bridgehead atoms. The highest BCUT2D eigenvalue weighted by Gasteiger charge is 1.94. The van der Waals surface area contributed by atoms with Crippen LogP contribution in [-0.2, 0) is 0 Å². The SMILES string of the molecule is FC1=CC=CC(Cl)=I1.